The Balaban J connectivity index is 1.91. The molecule has 1 N–H and O–H groups in total. The Morgan fingerprint density at radius 3 is 1.53 bits per heavy atom. The van der Waals surface area contributed by atoms with E-state index in [2.05, 4.69) is 0 Å². The maximum absolute atomic E-state index is 11.5. The van der Waals surface area contributed by atoms with Crippen molar-refractivity contribution in [3.63, 3.8) is 0 Å². The maximum Gasteiger partial charge on any atom is 0.473 e. The van der Waals surface area contributed by atoms with Gasteiger partial charge >= 0.3 is 7.82 Å². The van der Waals surface area contributed by atoms with Crippen molar-refractivity contribution in [2.45, 2.75) is 12.2 Å². The van der Waals surface area contributed by atoms with Gasteiger partial charge in [-0.15, -0.1) is 0 Å². The van der Waals surface area contributed by atoms with Crippen molar-refractivity contribution in [2.75, 3.05) is 0 Å². The second-order valence-corrected chi connectivity index (χ2v) is 4.51. The Bertz CT molecular complexity index is 336. The number of rotatable bonds is 4. The third-order valence-corrected chi connectivity index (χ3v) is 2.95. The van der Waals surface area contributed by atoms with Crippen molar-refractivity contribution < 1.29 is 18.5 Å². The maximum atomic E-state index is 11.5. The highest BCUT2D eigenvalue weighted by Crippen LogP contribution is 2.47. The summed E-state index contributed by atoms with van der Waals surface area (Å²) >= 11 is 0. The van der Waals surface area contributed by atoms with Crippen molar-refractivity contribution in [1.29, 1.82) is 0 Å². The van der Waals surface area contributed by atoms with E-state index in [1.807, 2.05) is 0 Å². The quantitative estimate of drug-likeness (QED) is 0.746. The average molecular weight is 226 g/mol. The van der Waals surface area contributed by atoms with E-state index < -0.39 is 20.0 Å². The third kappa shape index (κ3) is 3.01. The van der Waals surface area contributed by atoms with Crippen LogP contribution in [0.2, 0.25) is 0 Å². The molecule has 2 aliphatic rings. The second kappa shape index (κ2) is 4.29. The van der Waals surface area contributed by atoms with Gasteiger partial charge in [0.05, 0.1) is 0 Å². The summed E-state index contributed by atoms with van der Waals surface area (Å²) in [6.45, 7) is 0. The van der Waals surface area contributed by atoms with Gasteiger partial charge in [-0.05, 0) is 0 Å². The Labute approximate surface area is 87.8 Å². The minimum Gasteiger partial charge on any atom is -0.302 e. The van der Waals surface area contributed by atoms with Crippen LogP contribution in [0.4, 0.5) is 0 Å². The van der Waals surface area contributed by atoms with E-state index in [-0.39, 0.29) is 0 Å². The van der Waals surface area contributed by atoms with E-state index in [1.54, 1.807) is 48.6 Å². The lowest BCUT2D eigenvalue weighted by Crippen LogP contribution is -2.09. The molecule has 0 atom stereocenters. The first-order chi connectivity index (χ1) is 7.16. The molecule has 0 saturated carbocycles. The molecule has 0 saturated heterocycles. The van der Waals surface area contributed by atoms with Crippen LogP contribution in [0.3, 0.4) is 0 Å². The standard InChI is InChI=1S/C10H11O4P/c11-15(12,13-9-5-1-2-6-9)14-10-7-3-4-8-10/h1-10H,(H,11,12). The average Bonchev–Trinajstić information content (AvgIpc) is 2.75. The summed E-state index contributed by atoms with van der Waals surface area (Å²) in [5.74, 6) is 0. The fourth-order valence-electron chi connectivity index (χ4n) is 1.30. The first-order valence-corrected chi connectivity index (χ1v) is 6.05. The summed E-state index contributed by atoms with van der Waals surface area (Å²) in [5, 5.41) is 0. The predicted octanol–water partition coefficient (Wildman–Crippen LogP) is 2.11. The van der Waals surface area contributed by atoms with Crippen molar-refractivity contribution >= 4 is 7.82 Å². The lowest BCUT2D eigenvalue weighted by molar-refractivity contribution is 0.134. The van der Waals surface area contributed by atoms with E-state index in [9.17, 15) is 9.46 Å². The third-order valence-electron chi connectivity index (χ3n) is 1.94. The van der Waals surface area contributed by atoms with E-state index >= 15 is 0 Å². The highest BCUT2D eigenvalue weighted by Gasteiger charge is 2.28. The Morgan fingerprint density at radius 2 is 1.20 bits per heavy atom. The number of phosphoric acid groups is 1. The van der Waals surface area contributed by atoms with Crippen LogP contribution in [-0.2, 0) is 13.6 Å². The van der Waals surface area contributed by atoms with Gasteiger partial charge in [0, 0.05) is 0 Å². The highest BCUT2D eigenvalue weighted by atomic mass is 31.2. The summed E-state index contributed by atoms with van der Waals surface area (Å²) in [4.78, 5) is 9.41. The zero-order chi connectivity index (χ0) is 10.7. The molecule has 0 aromatic heterocycles. The van der Waals surface area contributed by atoms with Gasteiger partial charge < -0.3 is 4.89 Å². The predicted molar refractivity (Wildman–Crippen MR) is 56.1 cm³/mol. The molecule has 0 fully saturated rings. The van der Waals surface area contributed by atoms with Crippen molar-refractivity contribution in [3.05, 3.63) is 48.6 Å². The molecule has 4 nitrogen and oxygen atoms in total. The van der Waals surface area contributed by atoms with Gasteiger partial charge in [0.15, 0.2) is 0 Å². The van der Waals surface area contributed by atoms with Crippen LogP contribution in [0.25, 0.3) is 0 Å². The van der Waals surface area contributed by atoms with Crippen LogP contribution in [-0.4, -0.2) is 17.1 Å². The summed E-state index contributed by atoms with van der Waals surface area (Å²) in [7, 11) is -4.00. The van der Waals surface area contributed by atoms with Crippen molar-refractivity contribution in [3.8, 4) is 0 Å². The number of hydrogen-bond donors (Lipinski definition) is 1. The normalized spacial score (nSPS) is 20.9. The molecule has 80 valence electrons. The fraction of sp³-hybridized carbons (Fsp3) is 0.200. The van der Waals surface area contributed by atoms with Gasteiger partial charge in [-0.2, -0.15) is 0 Å². The molecular formula is C10H11O4P. The zero-order valence-corrected chi connectivity index (χ0v) is 8.79. The summed E-state index contributed by atoms with van der Waals surface area (Å²) in [6.07, 6.45) is 12.7. The largest absolute Gasteiger partial charge is 0.473 e. The molecule has 0 amide bonds. The van der Waals surface area contributed by atoms with Gasteiger partial charge in [0.1, 0.15) is 12.2 Å². The minimum atomic E-state index is -4.00. The van der Waals surface area contributed by atoms with Gasteiger partial charge in [-0.1, -0.05) is 48.6 Å². The molecule has 0 aliphatic heterocycles. The molecule has 2 aliphatic carbocycles. The van der Waals surface area contributed by atoms with Crippen LogP contribution < -0.4 is 0 Å². The first kappa shape index (κ1) is 10.6. The molecule has 0 heterocycles. The molecule has 0 unspecified atom stereocenters. The van der Waals surface area contributed by atoms with Crippen LogP contribution in [0.5, 0.6) is 0 Å². The van der Waals surface area contributed by atoms with Crippen LogP contribution >= 0.6 is 7.82 Å². The zero-order valence-electron chi connectivity index (χ0n) is 7.89. The number of phosphoric ester groups is 1. The van der Waals surface area contributed by atoms with Gasteiger partial charge in [-0.25, -0.2) is 4.57 Å². The van der Waals surface area contributed by atoms with E-state index in [1.165, 1.54) is 0 Å². The van der Waals surface area contributed by atoms with Gasteiger partial charge in [0.25, 0.3) is 0 Å². The molecule has 0 radical (unpaired) electrons. The van der Waals surface area contributed by atoms with E-state index in [0.717, 1.165) is 0 Å². The molecule has 0 bridgehead atoms. The summed E-state index contributed by atoms with van der Waals surface area (Å²) in [5.41, 5.74) is 0. The second-order valence-electron chi connectivity index (χ2n) is 3.15. The highest BCUT2D eigenvalue weighted by molar-refractivity contribution is 7.47. The molecule has 0 spiro atoms. The molecule has 15 heavy (non-hydrogen) atoms. The monoisotopic (exact) mass is 226 g/mol. The summed E-state index contributed by atoms with van der Waals surface area (Å²) in [6, 6.07) is 0. The SMILES string of the molecule is O=P(O)(OC1C=CC=C1)OC1C=CC=C1. The molecular weight excluding hydrogens is 215 g/mol. The lowest BCUT2D eigenvalue weighted by atomic mass is 10.4. The van der Waals surface area contributed by atoms with Gasteiger partial charge in [-0.3, -0.25) is 9.05 Å². The Hall–Kier alpha value is -0.930. The van der Waals surface area contributed by atoms with Crippen LogP contribution in [0.1, 0.15) is 0 Å². The smallest absolute Gasteiger partial charge is 0.302 e. The molecule has 5 heteroatoms. The minimum absolute atomic E-state index is 0.477. The van der Waals surface area contributed by atoms with Crippen LogP contribution in [0.15, 0.2) is 48.6 Å². The van der Waals surface area contributed by atoms with Crippen molar-refractivity contribution in [1.82, 2.24) is 0 Å². The molecule has 0 aromatic rings. The number of hydrogen-bond acceptors (Lipinski definition) is 3. The molecule has 0 aromatic carbocycles. The van der Waals surface area contributed by atoms with E-state index in [4.69, 9.17) is 9.05 Å². The van der Waals surface area contributed by atoms with E-state index in [0.29, 0.717) is 0 Å². The first-order valence-electron chi connectivity index (χ1n) is 4.55. The Morgan fingerprint density at radius 1 is 0.867 bits per heavy atom. The topological polar surface area (TPSA) is 55.8 Å². The Kier molecular flexibility index (Phi) is 3.03. The summed E-state index contributed by atoms with van der Waals surface area (Å²) < 4.78 is 21.3. The van der Waals surface area contributed by atoms with Gasteiger partial charge in [0.2, 0.25) is 0 Å². The lowest BCUT2D eigenvalue weighted by Gasteiger charge is -2.16. The fourth-order valence-corrected chi connectivity index (χ4v) is 2.24. The van der Waals surface area contributed by atoms with Crippen LogP contribution in [0, 0.1) is 0 Å². The number of allylic oxidation sites excluding steroid dienone is 4. The molecule has 2 rings (SSSR count). The van der Waals surface area contributed by atoms with Crippen molar-refractivity contribution in [2.24, 2.45) is 0 Å².